The van der Waals surface area contributed by atoms with Gasteiger partial charge in [0.25, 0.3) is 0 Å². The van der Waals surface area contributed by atoms with E-state index < -0.39 is 8.80 Å². The van der Waals surface area contributed by atoms with Crippen molar-refractivity contribution in [3.63, 3.8) is 0 Å². The summed E-state index contributed by atoms with van der Waals surface area (Å²) in [6, 6.07) is 2.38. The molecule has 0 amide bonds. The van der Waals surface area contributed by atoms with Crippen LogP contribution in [0.2, 0.25) is 6.04 Å². The van der Waals surface area contributed by atoms with Crippen LogP contribution in [0.25, 0.3) is 0 Å². The Hall–Kier alpha value is -0.943. The molecular formula is C9H17NO5Si. The smallest absolute Gasteiger partial charge is 0.466 e. The van der Waals surface area contributed by atoms with Crippen LogP contribution in [0.3, 0.4) is 0 Å². The quantitative estimate of drug-likeness (QED) is 0.357. The first-order chi connectivity index (χ1) is 7.60. The highest BCUT2D eigenvalue weighted by Crippen LogP contribution is 2.15. The van der Waals surface area contributed by atoms with Crippen molar-refractivity contribution < 1.29 is 22.8 Å². The summed E-state index contributed by atoms with van der Waals surface area (Å²) in [5, 5.41) is 8.43. The third-order valence-corrected chi connectivity index (χ3v) is 4.71. The van der Waals surface area contributed by atoms with Crippen molar-refractivity contribution in [2.75, 3.05) is 27.4 Å². The lowest BCUT2D eigenvalue weighted by Crippen LogP contribution is -2.44. The van der Waals surface area contributed by atoms with Gasteiger partial charge in [-0.05, 0) is 6.42 Å². The lowest BCUT2D eigenvalue weighted by atomic mass is 10.5. The summed E-state index contributed by atoms with van der Waals surface area (Å²) in [4.78, 5) is 10.5. The van der Waals surface area contributed by atoms with Gasteiger partial charge < -0.3 is 18.0 Å². The molecule has 0 fully saturated rings. The minimum Gasteiger partial charge on any atom is -0.466 e. The number of carbonyl (C=O) groups excluding carboxylic acids is 1. The van der Waals surface area contributed by atoms with Crippen LogP contribution in [0.5, 0.6) is 0 Å². The van der Waals surface area contributed by atoms with Gasteiger partial charge in [-0.3, -0.25) is 4.79 Å². The molecule has 92 valence electrons. The molecule has 0 aromatic rings. The van der Waals surface area contributed by atoms with Gasteiger partial charge in [0.2, 0.25) is 0 Å². The van der Waals surface area contributed by atoms with Gasteiger partial charge in [-0.2, -0.15) is 5.26 Å². The number of hydrogen-bond acceptors (Lipinski definition) is 6. The standard InChI is InChI=1S/C9H17NO5Si/c1-9(11)14-6-4-8-16(12-2,13-3)15-7-5-10/h4,6-8H2,1-3H3. The summed E-state index contributed by atoms with van der Waals surface area (Å²) in [6.45, 7) is 1.58. The maximum Gasteiger partial charge on any atom is 0.501 e. The Balaban J connectivity index is 4.01. The first-order valence-electron chi connectivity index (χ1n) is 4.85. The highest BCUT2D eigenvalue weighted by atomic mass is 28.4. The molecule has 0 aliphatic heterocycles. The second-order valence-electron chi connectivity index (χ2n) is 2.98. The molecule has 0 saturated carbocycles. The summed E-state index contributed by atoms with van der Waals surface area (Å²) in [5.74, 6) is -0.319. The van der Waals surface area contributed by atoms with Crippen molar-refractivity contribution in [3.05, 3.63) is 0 Å². The molecule has 0 bridgehead atoms. The molecule has 0 rings (SSSR count). The first-order valence-corrected chi connectivity index (χ1v) is 6.78. The van der Waals surface area contributed by atoms with E-state index in [1.807, 2.05) is 6.07 Å². The zero-order chi connectivity index (χ0) is 12.4. The summed E-state index contributed by atoms with van der Waals surface area (Å²) in [6.07, 6.45) is 0.582. The average molecular weight is 247 g/mol. The Morgan fingerprint density at radius 2 is 2.00 bits per heavy atom. The maximum absolute atomic E-state index is 10.5. The van der Waals surface area contributed by atoms with Gasteiger partial charge in [0.05, 0.1) is 12.7 Å². The Labute approximate surface area is 96.4 Å². The maximum atomic E-state index is 10.5. The summed E-state index contributed by atoms with van der Waals surface area (Å²) < 4.78 is 20.5. The van der Waals surface area contributed by atoms with Gasteiger partial charge in [-0.1, -0.05) is 0 Å². The zero-order valence-corrected chi connectivity index (χ0v) is 10.8. The normalized spacial score (nSPS) is 10.9. The molecule has 6 nitrogen and oxygen atoms in total. The van der Waals surface area contributed by atoms with Crippen LogP contribution in [-0.4, -0.2) is 42.2 Å². The number of rotatable bonds is 8. The van der Waals surface area contributed by atoms with E-state index in [0.717, 1.165) is 0 Å². The first kappa shape index (κ1) is 15.1. The van der Waals surface area contributed by atoms with Crippen LogP contribution in [-0.2, 0) is 22.8 Å². The van der Waals surface area contributed by atoms with Crippen LogP contribution in [0, 0.1) is 11.3 Å². The molecule has 0 aliphatic carbocycles. The van der Waals surface area contributed by atoms with E-state index in [1.54, 1.807) is 0 Å². The number of hydrogen-bond donors (Lipinski definition) is 0. The second kappa shape index (κ2) is 8.24. The second-order valence-corrected chi connectivity index (χ2v) is 5.95. The average Bonchev–Trinajstić information content (AvgIpc) is 2.29. The van der Waals surface area contributed by atoms with Crippen molar-refractivity contribution >= 4 is 14.8 Å². The minimum atomic E-state index is -2.75. The van der Waals surface area contributed by atoms with Gasteiger partial charge >= 0.3 is 14.8 Å². The number of nitriles is 1. The van der Waals surface area contributed by atoms with E-state index in [1.165, 1.54) is 21.1 Å². The fourth-order valence-electron chi connectivity index (χ4n) is 1.12. The largest absolute Gasteiger partial charge is 0.501 e. The molecule has 0 heterocycles. The summed E-state index contributed by atoms with van der Waals surface area (Å²) >= 11 is 0. The fourth-order valence-corrected chi connectivity index (χ4v) is 2.94. The molecule has 0 aromatic carbocycles. The predicted molar refractivity (Wildman–Crippen MR) is 57.4 cm³/mol. The lowest BCUT2D eigenvalue weighted by molar-refractivity contribution is -0.141. The third kappa shape index (κ3) is 5.82. The zero-order valence-electron chi connectivity index (χ0n) is 9.82. The molecule has 0 N–H and O–H groups in total. The third-order valence-electron chi connectivity index (χ3n) is 1.91. The van der Waals surface area contributed by atoms with Crippen molar-refractivity contribution in [2.24, 2.45) is 0 Å². The van der Waals surface area contributed by atoms with E-state index >= 15 is 0 Å². The van der Waals surface area contributed by atoms with Gasteiger partial charge in [0.15, 0.2) is 0 Å². The monoisotopic (exact) mass is 247 g/mol. The van der Waals surface area contributed by atoms with Gasteiger partial charge in [-0.25, -0.2) is 0 Å². The number of ether oxygens (including phenoxy) is 1. The van der Waals surface area contributed by atoms with Gasteiger partial charge in [-0.15, -0.1) is 0 Å². The topological polar surface area (TPSA) is 77.8 Å². The van der Waals surface area contributed by atoms with E-state index in [-0.39, 0.29) is 12.6 Å². The Morgan fingerprint density at radius 1 is 1.38 bits per heavy atom. The van der Waals surface area contributed by atoms with Crippen molar-refractivity contribution in [3.8, 4) is 6.07 Å². The SMILES string of the molecule is CO[Si](CCCOC(C)=O)(OC)OCC#N. The molecule has 0 aromatic heterocycles. The number of esters is 1. The van der Waals surface area contributed by atoms with Crippen LogP contribution >= 0.6 is 0 Å². The minimum absolute atomic E-state index is 0.0680. The van der Waals surface area contributed by atoms with E-state index in [2.05, 4.69) is 0 Å². The van der Waals surface area contributed by atoms with E-state index in [9.17, 15) is 4.79 Å². The molecule has 0 spiro atoms. The van der Waals surface area contributed by atoms with Gasteiger partial charge in [0, 0.05) is 27.2 Å². The Bertz CT molecular complexity index is 249. The van der Waals surface area contributed by atoms with Crippen LogP contribution in [0.1, 0.15) is 13.3 Å². The van der Waals surface area contributed by atoms with Crippen LogP contribution < -0.4 is 0 Å². The molecule has 7 heteroatoms. The van der Waals surface area contributed by atoms with E-state index in [0.29, 0.717) is 19.1 Å². The highest BCUT2D eigenvalue weighted by Gasteiger charge is 2.38. The number of nitrogens with zero attached hydrogens (tertiary/aromatic N) is 1. The Kier molecular flexibility index (Phi) is 7.75. The van der Waals surface area contributed by atoms with Crippen molar-refractivity contribution in [1.29, 1.82) is 5.26 Å². The van der Waals surface area contributed by atoms with Crippen LogP contribution in [0.15, 0.2) is 0 Å². The molecular weight excluding hydrogens is 230 g/mol. The molecule has 0 saturated heterocycles. The highest BCUT2D eigenvalue weighted by molar-refractivity contribution is 6.60. The lowest BCUT2D eigenvalue weighted by Gasteiger charge is -2.24. The molecule has 0 aliphatic rings. The summed E-state index contributed by atoms with van der Waals surface area (Å²) in [5.41, 5.74) is 0. The predicted octanol–water partition coefficient (Wildman–Crippen LogP) is 0.711. The molecule has 0 atom stereocenters. The summed E-state index contributed by atoms with van der Waals surface area (Å²) in [7, 11) is 0.220. The molecule has 16 heavy (non-hydrogen) atoms. The van der Waals surface area contributed by atoms with Crippen LogP contribution in [0.4, 0.5) is 0 Å². The van der Waals surface area contributed by atoms with Gasteiger partial charge in [0.1, 0.15) is 6.61 Å². The van der Waals surface area contributed by atoms with Crippen molar-refractivity contribution in [1.82, 2.24) is 0 Å². The number of carbonyl (C=O) groups is 1. The van der Waals surface area contributed by atoms with Crippen molar-refractivity contribution in [2.45, 2.75) is 19.4 Å². The Morgan fingerprint density at radius 3 is 2.44 bits per heavy atom. The fraction of sp³-hybridized carbons (Fsp3) is 0.778. The molecule has 0 unspecified atom stereocenters. The molecule has 0 radical (unpaired) electrons. The van der Waals surface area contributed by atoms with E-state index in [4.69, 9.17) is 23.3 Å².